The second-order valence-electron chi connectivity index (χ2n) is 3.02. The van der Waals surface area contributed by atoms with Crippen molar-refractivity contribution in [1.82, 2.24) is 5.32 Å². The van der Waals surface area contributed by atoms with Crippen molar-refractivity contribution in [2.45, 2.75) is 6.18 Å². The van der Waals surface area contributed by atoms with E-state index >= 15 is 0 Å². The Morgan fingerprint density at radius 3 is 2.06 bits per heavy atom. The molecule has 17 heavy (non-hydrogen) atoms. The number of halogens is 3. The molecule has 0 fully saturated rings. The summed E-state index contributed by atoms with van der Waals surface area (Å²) in [7, 11) is 0. The van der Waals surface area contributed by atoms with Gasteiger partial charge in [-0.2, -0.15) is 13.2 Å². The van der Waals surface area contributed by atoms with Gasteiger partial charge in [0, 0.05) is 5.69 Å². The number of urea groups is 2. The Kier molecular flexibility index (Phi) is 3.56. The molecule has 0 bridgehead atoms. The largest absolute Gasteiger partial charge is 0.416 e. The van der Waals surface area contributed by atoms with E-state index in [2.05, 4.69) is 11.1 Å². The number of amides is 4. The molecule has 0 aliphatic carbocycles. The van der Waals surface area contributed by atoms with Crippen molar-refractivity contribution < 1.29 is 22.8 Å². The fraction of sp³-hybridized carbons (Fsp3) is 0.111. The van der Waals surface area contributed by atoms with Crippen LogP contribution in [-0.2, 0) is 6.18 Å². The van der Waals surface area contributed by atoms with Gasteiger partial charge in [0.05, 0.1) is 5.56 Å². The van der Waals surface area contributed by atoms with Gasteiger partial charge in [0.25, 0.3) is 0 Å². The number of benzene rings is 1. The Hall–Kier alpha value is -2.25. The molecular weight excluding hydrogens is 239 g/mol. The predicted octanol–water partition coefficient (Wildman–Crippen LogP) is 1.91. The molecule has 4 amide bonds. The van der Waals surface area contributed by atoms with Crippen molar-refractivity contribution in [1.29, 1.82) is 0 Å². The SMILES string of the molecule is NC(=O)NC(=O)Nc1ccc(C(F)(F)F)cc1. The molecule has 0 aliphatic rings. The lowest BCUT2D eigenvalue weighted by atomic mass is 10.2. The smallest absolute Gasteiger partial charge is 0.351 e. The third-order valence-electron chi connectivity index (χ3n) is 1.71. The van der Waals surface area contributed by atoms with Crippen molar-refractivity contribution in [3.8, 4) is 0 Å². The maximum atomic E-state index is 12.2. The monoisotopic (exact) mass is 247 g/mol. The fourth-order valence-corrected chi connectivity index (χ4v) is 1.02. The first-order chi connectivity index (χ1) is 7.79. The molecule has 1 aromatic carbocycles. The molecule has 4 N–H and O–H groups in total. The number of rotatable bonds is 1. The molecule has 0 aromatic heterocycles. The molecule has 0 atom stereocenters. The second kappa shape index (κ2) is 4.73. The minimum absolute atomic E-state index is 0.108. The molecule has 0 aliphatic heterocycles. The van der Waals surface area contributed by atoms with Gasteiger partial charge >= 0.3 is 18.2 Å². The predicted molar refractivity (Wildman–Crippen MR) is 53.2 cm³/mol. The van der Waals surface area contributed by atoms with Crippen molar-refractivity contribution in [3.63, 3.8) is 0 Å². The molecule has 8 heteroatoms. The second-order valence-corrected chi connectivity index (χ2v) is 3.02. The van der Waals surface area contributed by atoms with Crippen LogP contribution in [0.5, 0.6) is 0 Å². The highest BCUT2D eigenvalue weighted by atomic mass is 19.4. The molecule has 0 heterocycles. The first-order valence-corrected chi connectivity index (χ1v) is 4.34. The first-order valence-electron chi connectivity index (χ1n) is 4.34. The topological polar surface area (TPSA) is 84.2 Å². The zero-order valence-corrected chi connectivity index (χ0v) is 8.34. The fourth-order valence-electron chi connectivity index (χ4n) is 1.02. The van der Waals surface area contributed by atoms with Crippen LogP contribution in [0.15, 0.2) is 24.3 Å². The minimum atomic E-state index is -4.44. The minimum Gasteiger partial charge on any atom is -0.351 e. The van der Waals surface area contributed by atoms with Crippen LogP contribution in [0.2, 0.25) is 0 Å². The highest BCUT2D eigenvalue weighted by Crippen LogP contribution is 2.29. The van der Waals surface area contributed by atoms with E-state index in [1.807, 2.05) is 0 Å². The lowest BCUT2D eigenvalue weighted by Crippen LogP contribution is -2.38. The third-order valence-corrected chi connectivity index (χ3v) is 1.71. The van der Waals surface area contributed by atoms with Crippen molar-refractivity contribution in [2.75, 3.05) is 5.32 Å². The van der Waals surface area contributed by atoms with E-state index in [9.17, 15) is 22.8 Å². The van der Waals surface area contributed by atoms with Crippen LogP contribution in [0, 0.1) is 0 Å². The number of primary amides is 1. The summed E-state index contributed by atoms with van der Waals surface area (Å²) in [5.74, 6) is 0. The van der Waals surface area contributed by atoms with E-state index in [1.165, 1.54) is 0 Å². The van der Waals surface area contributed by atoms with Gasteiger partial charge in [0.15, 0.2) is 0 Å². The van der Waals surface area contributed by atoms with Crippen LogP contribution in [0.1, 0.15) is 5.56 Å². The van der Waals surface area contributed by atoms with Gasteiger partial charge < -0.3 is 11.1 Å². The van der Waals surface area contributed by atoms with Crippen LogP contribution >= 0.6 is 0 Å². The number of anilines is 1. The average Bonchev–Trinajstić information content (AvgIpc) is 2.15. The molecular formula is C9H8F3N3O2. The maximum Gasteiger partial charge on any atom is 0.416 e. The lowest BCUT2D eigenvalue weighted by molar-refractivity contribution is -0.137. The molecule has 0 saturated heterocycles. The van der Waals surface area contributed by atoms with E-state index in [-0.39, 0.29) is 5.69 Å². The normalized spacial score (nSPS) is 10.8. The number of hydrogen-bond donors (Lipinski definition) is 3. The standard InChI is InChI=1S/C9H8F3N3O2/c10-9(11,12)5-1-3-6(4-2-5)14-8(17)15-7(13)16/h1-4H,(H4,13,14,15,16,17). The van der Waals surface area contributed by atoms with Gasteiger partial charge in [0.2, 0.25) is 0 Å². The van der Waals surface area contributed by atoms with Crippen LogP contribution < -0.4 is 16.4 Å². The molecule has 0 spiro atoms. The lowest BCUT2D eigenvalue weighted by Gasteiger charge is -2.08. The summed E-state index contributed by atoms with van der Waals surface area (Å²) in [6.07, 6.45) is -4.44. The molecule has 92 valence electrons. The Morgan fingerprint density at radius 2 is 1.65 bits per heavy atom. The van der Waals surface area contributed by atoms with E-state index in [1.54, 1.807) is 5.32 Å². The Labute approximate surface area is 93.8 Å². The number of carbonyl (C=O) groups excluding carboxylic acids is 2. The average molecular weight is 247 g/mol. The van der Waals surface area contributed by atoms with Gasteiger partial charge in [-0.25, -0.2) is 9.59 Å². The Bertz CT molecular complexity index is 428. The maximum absolute atomic E-state index is 12.2. The van der Waals surface area contributed by atoms with Gasteiger partial charge in [-0.1, -0.05) is 0 Å². The molecule has 1 rings (SSSR count). The van der Waals surface area contributed by atoms with Crippen molar-refractivity contribution >= 4 is 17.7 Å². The summed E-state index contributed by atoms with van der Waals surface area (Å²) < 4.78 is 36.6. The van der Waals surface area contributed by atoms with Crippen LogP contribution in [0.4, 0.5) is 28.4 Å². The summed E-state index contributed by atoms with van der Waals surface area (Å²) in [6, 6.07) is 1.75. The van der Waals surface area contributed by atoms with E-state index < -0.39 is 23.8 Å². The Morgan fingerprint density at radius 1 is 1.12 bits per heavy atom. The number of hydrogen-bond acceptors (Lipinski definition) is 2. The van der Waals surface area contributed by atoms with E-state index in [0.717, 1.165) is 24.3 Å². The molecule has 1 aromatic rings. The van der Waals surface area contributed by atoms with Gasteiger partial charge in [0.1, 0.15) is 0 Å². The summed E-state index contributed by atoms with van der Waals surface area (Å²) in [4.78, 5) is 21.2. The summed E-state index contributed by atoms with van der Waals surface area (Å²) in [5.41, 5.74) is 3.94. The molecule has 0 radical (unpaired) electrons. The quantitative estimate of drug-likeness (QED) is 0.708. The number of carbonyl (C=O) groups is 2. The van der Waals surface area contributed by atoms with Gasteiger partial charge in [-0.15, -0.1) is 0 Å². The first kappa shape index (κ1) is 12.8. The van der Waals surface area contributed by atoms with Crippen molar-refractivity contribution in [2.24, 2.45) is 5.73 Å². The zero-order chi connectivity index (χ0) is 13.1. The highest BCUT2D eigenvalue weighted by molar-refractivity contribution is 5.99. The van der Waals surface area contributed by atoms with Crippen LogP contribution in [-0.4, -0.2) is 12.1 Å². The van der Waals surface area contributed by atoms with Crippen LogP contribution in [0.3, 0.4) is 0 Å². The van der Waals surface area contributed by atoms with Gasteiger partial charge in [-0.05, 0) is 24.3 Å². The Balaban J connectivity index is 2.69. The highest BCUT2D eigenvalue weighted by Gasteiger charge is 2.29. The van der Waals surface area contributed by atoms with E-state index in [0.29, 0.717) is 0 Å². The van der Waals surface area contributed by atoms with Gasteiger partial charge in [-0.3, -0.25) is 5.32 Å². The molecule has 0 unspecified atom stereocenters. The van der Waals surface area contributed by atoms with Crippen LogP contribution in [0.25, 0.3) is 0 Å². The van der Waals surface area contributed by atoms with Crippen molar-refractivity contribution in [3.05, 3.63) is 29.8 Å². The number of alkyl halides is 3. The third kappa shape index (κ3) is 4.01. The zero-order valence-electron chi connectivity index (χ0n) is 8.34. The molecule has 5 nitrogen and oxygen atoms in total. The summed E-state index contributed by atoms with van der Waals surface area (Å²) in [6.45, 7) is 0. The summed E-state index contributed by atoms with van der Waals surface area (Å²) in [5, 5.41) is 3.84. The summed E-state index contributed by atoms with van der Waals surface area (Å²) >= 11 is 0. The molecule has 0 saturated carbocycles. The van der Waals surface area contributed by atoms with E-state index in [4.69, 9.17) is 0 Å². The number of imide groups is 1. The number of nitrogens with one attached hydrogen (secondary N) is 2. The number of nitrogens with two attached hydrogens (primary N) is 1.